The van der Waals surface area contributed by atoms with E-state index >= 15 is 0 Å². The van der Waals surface area contributed by atoms with Crippen molar-refractivity contribution in [3.8, 4) is 0 Å². The Bertz CT molecular complexity index is 783. The highest BCUT2D eigenvalue weighted by Crippen LogP contribution is 2.36. The monoisotopic (exact) mass is 379 g/mol. The number of hydrogen-bond acceptors (Lipinski definition) is 4. The number of hydrazone groups is 1. The van der Waals surface area contributed by atoms with E-state index in [1.807, 2.05) is 6.92 Å². The molecule has 0 heterocycles. The summed E-state index contributed by atoms with van der Waals surface area (Å²) in [7, 11) is -2.30. The minimum Gasteiger partial charge on any atom is -0.272 e. The van der Waals surface area contributed by atoms with Crippen LogP contribution in [0.5, 0.6) is 0 Å². The van der Waals surface area contributed by atoms with Gasteiger partial charge in [0.05, 0.1) is 11.4 Å². The summed E-state index contributed by atoms with van der Waals surface area (Å²) in [6.45, 7) is 8.19. The maximum Gasteiger partial charge on any atom is 0.255 e. The molecular weight excluding hydrogens is 350 g/mol. The van der Waals surface area contributed by atoms with Crippen LogP contribution in [0.1, 0.15) is 45.6 Å². The maximum atomic E-state index is 12.5. The number of likely N-dealkylation sites (N-methyl/N-ethyl adjacent to an activating group) is 1. The molecule has 0 saturated heterocycles. The van der Waals surface area contributed by atoms with E-state index in [-0.39, 0.29) is 16.9 Å². The third-order valence-corrected chi connectivity index (χ3v) is 6.42. The van der Waals surface area contributed by atoms with Crippen molar-refractivity contribution in [2.75, 3.05) is 13.6 Å². The van der Waals surface area contributed by atoms with Gasteiger partial charge in [-0.1, -0.05) is 38.5 Å². The largest absolute Gasteiger partial charge is 0.272 e. The molecule has 6 nitrogen and oxygen atoms in total. The lowest BCUT2D eigenvalue weighted by atomic mass is 9.72. The number of nitrogens with one attached hydrogen (secondary N) is 1. The second kappa shape index (κ2) is 7.88. The third kappa shape index (κ3) is 5.38. The van der Waals surface area contributed by atoms with Gasteiger partial charge in [0.25, 0.3) is 5.91 Å². The van der Waals surface area contributed by atoms with Crippen LogP contribution < -0.4 is 5.43 Å². The molecule has 0 radical (unpaired) electrons. The van der Waals surface area contributed by atoms with Crippen LogP contribution in [0.3, 0.4) is 0 Å². The lowest BCUT2D eigenvalue weighted by molar-refractivity contribution is -0.121. The van der Waals surface area contributed by atoms with Crippen LogP contribution in [0.2, 0.25) is 0 Å². The van der Waals surface area contributed by atoms with Gasteiger partial charge in [-0.2, -0.15) is 9.41 Å². The first-order chi connectivity index (χ1) is 12.0. The fourth-order valence-corrected chi connectivity index (χ4v) is 4.68. The summed E-state index contributed by atoms with van der Waals surface area (Å²) in [6, 6.07) is 6.56. The fraction of sp³-hybridized carbons (Fsp3) is 0.579. The van der Waals surface area contributed by atoms with Crippen molar-refractivity contribution in [2.24, 2.45) is 16.4 Å². The molecule has 7 heteroatoms. The summed E-state index contributed by atoms with van der Waals surface area (Å²) in [5.41, 5.74) is 4.63. The van der Waals surface area contributed by atoms with E-state index in [0.29, 0.717) is 5.92 Å². The standard InChI is InChI=1S/C19H29N3O3S/c1-14-6-8-17(9-7-14)26(24,25)22(5)13-18(23)21-20-16-10-15(2)11-19(3,4)12-16/h6-9,15H,10-13H2,1-5H3,(H,21,23)/b20-16-/t15-/m1/s1. The first-order valence-electron chi connectivity index (χ1n) is 8.87. The van der Waals surface area contributed by atoms with Crippen molar-refractivity contribution in [3.05, 3.63) is 29.8 Å². The number of nitrogens with zero attached hydrogens (tertiary/aromatic N) is 2. The second-order valence-electron chi connectivity index (χ2n) is 8.14. The van der Waals surface area contributed by atoms with Gasteiger partial charge in [-0.05, 0) is 49.7 Å². The normalized spacial score (nSPS) is 21.8. The Morgan fingerprint density at radius 1 is 1.31 bits per heavy atom. The number of carbonyl (C=O) groups excluding carboxylic acids is 1. The molecule has 1 aliphatic carbocycles. The van der Waals surface area contributed by atoms with Gasteiger partial charge in [0.15, 0.2) is 0 Å². The minimum absolute atomic E-state index is 0.173. The Morgan fingerprint density at radius 3 is 2.50 bits per heavy atom. The number of carbonyl (C=O) groups is 1. The zero-order valence-corrected chi connectivity index (χ0v) is 17.1. The van der Waals surface area contributed by atoms with Crippen LogP contribution >= 0.6 is 0 Å². The van der Waals surface area contributed by atoms with Gasteiger partial charge >= 0.3 is 0 Å². The summed E-state index contributed by atoms with van der Waals surface area (Å²) < 4.78 is 26.1. The van der Waals surface area contributed by atoms with Gasteiger partial charge in [-0.3, -0.25) is 4.79 Å². The molecule has 0 bridgehead atoms. The van der Waals surface area contributed by atoms with Crippen molar-refractivity contribution in [1.82, 2.24) is 9.73 Å². The summed E-state index contributed by atoms with van der Waals surface area (Å²) in [5, 5.41) is 4.24. The molecule has 0 aliphatic heterocycles. The van der Waals surface area contributed by atoms with E-state index in [1.165, 1.54) is 7.05 Å². The molecule has 0 spiro atoms. The van der Waals surface area contributed by atoms with Gasteiger partial charge in [0, 0.05) is 12.8 Å². The quantitative estimate of drug-likeness (QED) is 0.799. The molecule has 1 amide bonds. The van der Waals surface area contributed by atoms with Crippen LogP contribution in [0.4, 0.5) is 0 Å². The minimum atomic E-state index is -3.70. The second-order valence-corrected chi connectivity index (χ2v) is 10.2. The summed E-state index contributed by atoms with van der Waals surface area (Å²) in [6.07, 6.45) is 2.84. The molecule has 1 aromatic carbocycles. The smallest absolute Gasteiger partial charge is 0.255 e. The molecular formula is C19H29N3O3S. The van der Waals surface area contributed by atoms with E-state index in [0.717, 1.165) is 34.8 Å². The van der Waals surface area contributed by atoms with Crippen LogP contribution in [0.25, 0.3) is 0 Å². The van der Waals surface area contributed by atoms with Crippen LogP contribution in [0, 0.1) is 18.3 Å². The van der Waals surface area contributed by atoms with E-state index in [1.54, 1.807) is 24.3 Å². The lowest BCUT2D eigenvalue weighted by Gasteiger charge is -2.34. The SMILES string of the molecule is Cc1ccc(S(=O)(=O)N(C)CC(=O)N/N=C2/C[C@@H](C)CC(C)(C)C2)cc1. The molecule has 1 aromatic rings. The Balaban J connectivity index is 1.98. The van der Waals surface area contributed by atoms with E-state index < -0.39 is 15.9 Å². The Labute approximate surface area is 156 Å². The predicted molar refractivity (Wildman–Crippen MR) is 103 cm³/mol. The zero-order valence-electron chi connectivity index (χ0n) is 16.2. The molecule has 26 heavy (non-hydrogen) atoms. The molecule has 2 rings (SSSR count). The molecule has 1 fully saturated rings. The maximum absolute atomic E-state index is 12.5. The van der Waals surface area contributed by atoms with Gasteiger partial charge in [-0.25, -0.2) is 13.8 Å². The molecule has 1 aliphatic rings. The van der Waals surface area contributed by atoms with E-state index in [2.05, 4.69) is 31.3 Å². The fourth-order valence-electron chi connectivity index (χ4n) is 3.55. The van der Waals surface area contributed by atoms with Crippen molar-refractivity contribution < 1.29 is 13.2 Å². The number of aryl methyl sites for hydroxylation is 1. The number of benzene rings is 1. The van der Waals surface area contributed by atoms with Gasteiger partial charge in [0.1, 0.15) is 0 Å². The Morgan fingerprint density at radius 2 is 1.92 bits per heavy atom. The highest BCUT2D eigenvalue weighted by atomic mass is 32.2. The Kier molecular flexibility index (Phi) is 6.24. The van der Waals surface area contributed by atoms with Crippen molar-refractivity contribution in [3.63, 3.8) is 0 Å². The predicted octanol–water partition coefficient (Wildman–Crippen LogP) is 2.93. The zero-order chi connectivity index (χ0) is 19.5. The topological polar surface area (TPSA) is 78.8 Å². The average Bonchev–Trinajstić information content (AvgIpc) is 2.51. The first kappa shape index (κ1) is 20.6. The molecule has 0 aromatic heterocycles. The third-order valence-electron chi connectivity index (χ3n) is 4.60. The van der Waals surface area contributed by atoms with E-state index in [4.69, 9.17) is 0 Å². The summed E-state index contributed by atoms with van der Waals surface area (Å²) in [4.78, 5) is 12.3. The van der Waals surface area contributed by atoms with Gasteiger partial charge in [-0.15, -0.1) is 0 Å². The van der Waals surface area contributed by atoms with Crippen LogP contribution in [0.15, 0.2) is 34.3 Å². The molecule has 144 valence electrons. The highest BCUT2D eigenvalue weighted by Gasteiger charge is 2.29. The lowest BCUT2D eigenvalue weighted by Crippen LogP contribution is -2.37. The van der Waals surface area contributed by atoms with Crippen LogP contribution in [-0.2, 0) is 14.8 Å². The van der Waals surface area contributed by atoms with Crippen molar-refractivity contribution in [2.45, 2.75) is 51.9 Å². The number of rotatable bonds is 5. The van der Waals surface area contributed by atoms with Gasteiger partial charge < -0.3 is 0 Å². The van der Waals surface area contributed by atoms with Gasteiger partial charge in [0.2, 0.25) is 10.0 Å². The summed E-state index contributed by atoms with van der Waals surface area (Å²) in [5.74, 6) is 0.0886. The number of sulfonamides is 1. The molecule has 0 unspecified atom stereocenters. The highest BCUT2D eigenvalue weighted by molar-refractivity contribution is 7.89. The number of hydrogen-bond donors (Lipinski definition) is 1. The summed E-state index contributed by atoms with van der Waals surface area (Å²) >= 11 is 0. The van der Waals surface area contributed by atoms with Crippen molar-refractivity contribution in [1.29, 1.82) is 0 Å². The van der Waals surface area contributed by atoms with E-state index in [9.17, 15) is 13.2 Å². The molecule has 1 N–H and O–H groups in total. The molecule has 1 atom stereocenters. The average molecular weight is 380 g/mol. The van der Waals surface area contributed by atoms with Crippen molar-refractivity contribution >= 4 is 21.6 Å². The first-order valence-corrected chi connectivity index (χ1v) is 10.3. The van der Waals surface area contributed by atoms with Crippen LogP contribution in [-0.4, -0.2) is 37.9 Å². The molecule has 1 saturated carbocycles. The number of amides is 1. The Hall–Kier alpha value is -1.73.